The number of carbonyl (C=O) groups excluding carboxylic acids is 1. The minimum absolute atomic E-state index is 0.00658. The van der Waals surface area contributed by atoms with E-state index in [1.54, 1.807) is 12.1 Å². The molecule has 0 fully saturated rings. The van der Waals surface area contributed by atoms with Crippen molar-refractivity contribution in [2.45, 2.75) is 0 Å². The van der Waals surface area contributed by atoms with Crippen LogP contribution in [0.5, 0.6) is 0 Å². The molecule has 1 aromatic carbocycles. The molecule has 1 amide bonds. The fourth-order valence-corrected chi connectivity index (χ4v) is 1.71. The number of amides is 1. The summed E-state index contributed by atoms with van der Waals surface area (Å²) < 4.78 is 19.3. The average Bonchev–Trinajstić information content (AvgIpc) is 2.85. The Morgan fingerprint density at radius 2 is 2.37 bits per heavy atom. The van der Waals surface area contributed by atoms with E-state index in [1.165, 1.54) is 12.1 Å². The van der Waals surface area contributed by atoms with Crippen LogP contribution in [0.1, 0.15) is 10.5 Å². The third kappa shape index (κ3) is 2.98. The Morgan fingerprint density at radius 1 is 1.58 bits per heavy atom. The van der Waals surface area contributed by atoms with Crippen molar-refractivity contribution >= 4 is 21.8 Å². The van der Waals surface area contributed by atoms with Crippen LogP contribution < -0.4 is 5.32 Å². The van der Waals surface area contributed by atoms with Gasteiger partial charge >= 0.3 is 0 Å². The molecule has 7 heteroatoms. The first-order chi connectivity index (χ1) is 9.11. The maximum Gasteiger partial charge on any atom is 0.274 e. The van der Waals surface area contributed by atoms with Gasteiger partial charge in [0.25, 0.3) is 5.91 Å². The zero-order chi connectivity index (χ0) is 13.8. The quantitative estimate of drug-likeness (QED) is 0.880. The largest absolute Gasteiger partial charge is 0.444 e. The van der Waals surface area contributed by atoms with E-state index in [0.717, 1.165) is 6.26 Å². The lowest BCUT2D eigenvalue weighted by Crippen LogP contribution is -2.23. The maximum absolute atomic E-state index is 13.7. The number of benzene rings is 1. The van der Waals surface area contributed by atoms with Crippen LogP contribution in [-0.2, 0) is 0 Å². The predicted octanol–water partition coefficient (Wildman–Crippen LogP) is 2.50. The van der Waals surface area contributed by atoms with Crippen molar-refractivity contribution in [1.29, 1.82) is 5.26 Å². The molecule has 0 spiro atoms. The average molecular weight is 324 g/mol. The molecule has 1 heterocycles. The molecule has 1 aromatic heterocycles. The normalized spacial score (nSPS) is 9.95. The van der Waals surface area contributed by atoms with Gasteiger partial charge in [-0.15, -0.1) is 0 Å². The molecule has 0 radical (unpaired) electrons. The van der Waals surface area contributed by atoms with Gasteiger partial charge in [0.2, 0.25) is 5.89 Å². The zero-order valence-corrected chi connectivity index (χ0v) is 11.1. The summed E-state index contributed by atoms with van der Waals surface area (Å²) in [5, 5.41) is 10.7. The van der Waals surface area contributed by atoms with Gasteiger partial charge in [-0.1, -0.05) is 15.9 Å². The van der Waals surface area contributed by atoms with Crippen LogP contribution in [0.3, 0.4) is 0 Å². The molecule has 0 aliphatic rings. The standard InChI is InChI=1S/C12H7BrFN3O2/c13-7-1-2-8(9(14)5-7)12-17-10(6-19-12)11(18)16-4-3-15/h1-2,5-6H,4H2,(H,16,18). The maximum atomic E-state index is 13.7. The van der Waals surface area contributed by atoms with Gasteiger partial charge in [-0.3, -0.25) is 4.79 Å². The summed E-state index contributed by atoms with van der Waals surface area (Å²) in [7, 11) is 0. The number of hydrogen-bond acceptors (Lipinski definition) is 4. The SMILES string of the molecule is N#CCNC(=O)c1coc(-c2ccc(Br)cc2F)n1. The van der Waals surface area contributed by atoms with E-state index in [9.17, 15) is 9.18 Å². The molecule has 0 unspecified atom stereocenters. The smallest absolute Gasteiger partial charge is 0.274 e. The van der Waals surface area contributed by atoms with Crippen molar-refractivity contribution in [3.8, 4) is 17.5 Å². The van der Waals surface area contributed by atoms with Crippen LogP contribution in [0.25, 0.3) is 11.5 Å². The van der Waals surface area contributed by atoms with E-state index in [-0.39, 0.29) is 23.7 Å². The van der Waals surface area contributed by atoms with Gasteiger partial charge in [0, 0.05) is 4.47 Å². The van der Waals surface area contributed by atoms with Gasteiger partial charge < -0.3 is 9.73 Å². The van der Waals surface area contributed by atoms with Crippen molar-refractivity contribution in [2.75, 3.05) is 6.54 Å². The first kappa shape index (κ1) is 13.2. The van der Waals surface area contributed by atoms with Gasteiger partial charge in [-0.2, -0.15) is 5.26 Å². The Bertz CT molecular complexity index is 663. The first-order valence-corrected chi connectivity index (χ1v) is 5.97. The fraction of sp³-hybridized carbons (Fsp3) is 0.0833. The Labute approximate surface area is 116 Å². The van der Waals surface area contributed by atoms with Crippen LogP contribution >= 0.6 is 15.9 Å². The van der Waals surface area contributed by atoms with E-state index < -0.39 is 11.7 Å². The molecule has 0 atom stereocenters. The number of aromatic nitrogens is 1. The monoisotopic (exact) mass is 323 g/mol. The van der Waals surface area contributed by atoms with E-state index in [1.807, 2.05) is 0 Å². The fourth-order valence-electron chi connectivity index (χ4n) is 1.38. The topological polar surface area (TPSA) is 78.9 Å². The number of hydrogen-bond donors (Lipinski definition) is 1. The summed E-state index contributed by atoms with van der Waals surface area (Å²) >= 11 is 3.14. The van der Waals surface area contributed by atoms with E-state index in [4.69, 9.17) is 9.68 Å². The van der Waals surface area contributed by atoms with Crippen LogP contribution in [0, 0.1) is 17.1 Å². The van der Waals surface area contributed by atoms with Crippen LogP contribution in [0.4, 0.5) is 4.39 Å². The Morgan fingerprint density at radius 3 is 3.05 bits per heavy atom. The number of nitriles is 1. The molecular weight excluding hydrogens is 317 g/mol. The van der Waals surface area contributed by atoms with Crippen LogP contribution in [0.2, 0.25) is 0 Å². The van der Waals surface area contributed by atoms with E-state index in [2.05, 4.69) is 26.2 Å². The summed E-state index contributed by atoms with van der Waals surface area (Å²) in [6, 6.07) is 6.16. The molecule has 2 rings (SSSR count). The molecular formula is C12H7BrFN3O2. The molecule has 0 aliphatic carbocycles. The summed E-state index contributed by atoms with van der Waals surface area (Å²) in [6.45, 7) is -0.131. The molecule has 0 aliphatic heterocycles. The van der Waals surface area contributed by atoms with Gasteiger partial charge in [0.05, 0.1) is 11.6 Å². The minimum atomic E-state index is -0.547. The van der Waals surface area contributed by atoms with Gasteiger partial charge in [0.15, 0.2) is 5.69 Å². The van der Waals surface area contributed by atoms with Crippen molar-refractivity contribution in [3.05, 3.63) is 40.4 Å². The molecule has 2 aromatic rings. The molecule has 19 heavy (non-hydrogen) atoms. The van der Waals surface area contributed by atoms with Crippen molar-refractivity contribution in [2.24, 2.45) is 0 Å². The first-order valence-electron chi connectivity index (χ1n) is 5.18. The highest BCUT2D eigenvalue weighted by molar-refractivity contribution is 9.10. The predicted molar refractivity (Wildman–Crippen MR) is 67.5 cm³/mol. The van der Waals surface area contributed by atoms with Crippen molar-refractivity contribution < 1.29 is 13.6 Å². The van der Waals surface area contributed by atoms with Gasteiger partial charge in [0.1, 0.15) is 18.6 Å². The number of halogens is 2. The second-order valence-electron chi connectivity index (χ2n) is 3.50. The van der Waals surface area contributed by atoms with E-state index >= 15 is 0 Å². The number of nitrogens with one attached hydrogen (secondary N) is 1. The third-order valence-electron chi connectivity index (χ3n) is 2.23. The molecule has 96 valence electrons. The van der Waals surface area contributed by atoms with E-state index in [0.29, 0.717) is 4.47 Å². The second kappa shape index (κ2) is 5.63. The lowest BCUT2D eigenvalue weighted by atomic mass is 10.2. The number of oxazole rings is 1. The highest BCUT2D eigenvalue weighted by atomic mass is 79.9. The summed E-state index contributed by atoms with van der Waals surface area (Å²) in [6.07, 6.45) is 1.11. The third-order valence-corrected chi connectivity index (χ3v) is 2.72. The second-order valence-corrected chi connectivity index (χ2v) is 4.42. The Kier molecular flexibility index (Phi) is 3.92. The lowest BCUT2D eigenvalue weighted by Gasteiger charge is -1.98. The van der Waals surface area contributed by atoms with Crippen molar-refractivity contribution in [3.63, 3.8) is 0 Å². The molecule has 0 saturated heterocycles. The highest BCUT2D eigenvalue weighted by Crippen LogP contribution is 2.24. The number of carbonyl (C=O) groups is 1. The molecule has 5 nitrogen and oxygen atoms in total. The minimum Gasteiger partial charge on any atom is -0.444 e. The number of nitrogens with zero attached hydrogens (tertiary/aromatic N) is 2. The molecule has 1 N–H and O–H groups in total. The lowest BCUT2D eigenvalue weighted by molar-refractivity contribution is 0.0953. The molecule has 0 saturated carbocycles. The highest BCUT2D eigenvalue weighted by Gasteiger charge is 2.15. The summed E-state index contributed by atoms with van der Waals surface area (Å²) in [5.41, 5.74) is 0.148. The van der Waals surface area contributed by atoms with Crippen molar-refractivity contribution in [1.82, 2.24) is 10.3 Å². The number of rotatable bonds is 3. The Hall–Kier alpha value is -2.20. The zero-order valence-electron chi connectivity index (χ0n) is 9.48. The van der Waals surface area contributed by atoms with Gasteiger partial charge in [-0.25, -0.2) is 9.37 Å². The summed E-state index contributed by atoms with van der Waals surface area (Å²) in [4.78, 5) is 15.4. The molecule has 0 bridgehead atoms. The van der Waals surface area contributed by atoms with Crippen LogP contribution in [-0.4, -0.2) is 17.4 Å². The van der Waals surface area contributed by atoms with Crippen LogP contribution in [0.15, 0.2) is 33.4 Å². The summed E-state index contributed by atoms with van der Waals surface area (Å²) in [5.74, 6) is -1.05. The van der Waals surface area contributed by atoms with Gasteiger partial charge in [-0.05, 0) is 18.2 Å². The Balaban J connectivity index is 2.26.